The number of halogens is 2. The van der Waals surface area contributed by atoms with Gasteiger partial charge in [-0.15, -0.1) is 23.7 Å². The van der Waals surface area contributed by atoms with Gasteiger partial charge < -0.3 is 10.8 Å². The van der Waals surface area contributed by atoms with E-state index in [2.05, 4.69) is 0 Å². The van der Waals surface area contributed by atoms with E-state index in [1.54, 1.807) is 6.07 Å². The summed E-state index contributed by atoms with van der Waals surface area (Å²) in [6.07, 6.45) is 0.221. The van der Waals surface area contributed by atoms with Crippen molar-refractivity contribution in [3.8, 4) is 0 Å². The summed E-state index contributed by atoms with van der Waals surface area (Å²) >= 11 is 1.46. The largest absolute Gasteiger partial charge is 0.480 e. The maximum absolute atomic E-state index is 13.0. The van der Waals surface area contributed by atoms with Gasteiger partial charge in [-0.05, 0) is 40.9 Å². The quantitative estimate of drug-likeness (QED) is 0.904. The summed E-state index contributed by atoms with van der Waals surface area (Å²) in [6.45, 7) is 0. The molecule has 17 heavy (non-hydrogen) atoms. The number of aliphatic carboxylic acids is 1. The standard InChI is InChI=1S/C11H10FNO2S.ClH/c12-7-1-2-10-8(4-7)6(5-16-10)3-9(13)11(14)15;/h1-2,4-5,9H,3,13H2,(H,14,15);1H. The first-order valence-corrected chi connectivity index (χ1v) is 5.60. The van der Waals surface area contributed by atoms with Crippen LogP contribution in [-0.2, 0) is 11.2 Å². The van der Waals surface area contributed by atoms with Crippen molar-refractivity contribution < 1.29 is 14.3 Å². The lowest BCUT2D eigenvalue weighted by atomic mass is 10.1. The third kappa shape index (κ3) is 2.94. The maximum Gasteiger partial charge on any atom is 0.320 e. The summed E-state index contributed by atoms with van der Waals surface area (Å²) in [5.41, 5.74) is 6.23. The number of hydrogen-bond donors (Lipinski definition) is 2. The first kappa shape index (κ1) is 13.9. The fraction of sp³-hybridized carbons (Fsp3) is 0.182. The van der Waals surface area contributed by atoms with Crippen LogP contribution in [0.25, 0.3) is 10.1 Å². The summed E-state index contributed by atoms with van der Waals surface area (Å²) in [5, 5.41) is 11.3. The normalized spacial score (nSPS) is 12.1. The van der Waals surface area contributed by atoms with Crippen LogP contribution in [0.4, 0.5) is 4.39 Å². The number of thiophene rings is 1. The highest BCUT2D eigenvalue weighted by molar-refractivity contribution is 7.17. The summed E-state index contributed by atoms with van der Waals surface area (Å²) in [7, 11) is 0. The van der Waals surface area contributed by atoms with Gasteiger partial charge in [0.1, 0.15) is 11.9 Å². The summed E-state index contributed by atoms with van der Waals surface area (Å²) in [6, 6.07) is 3.54. The first-order chi connectivity index (χ1) is 7.58. The van der Waals surface area contributed by atoms with E-state index in [0.29, 0.717) is 0 Å². The third-order valence-electron chi connectivity index (χ3n) is 2.37. The average molecular weight is 276 g/mol. The molecule has 3 N–H and O–H groups in total. The van der Waals surface area contributed by atoms with Crippen LogP contribution in [0.5, 0.6) is 0 Å². The number of carboxylic acids is 1. The summed E-state index contributed by atoms with van der Waals surface area (Å²) in [4.78, 5) is 10.6. The fourth-order valence-electron chi connectivity index (χ4n) is 1.54. The Morgan fingerprint density at radius 3 is 2.88 bits per heavy atom. The van der Waals surface area contributed by atoms with Crippen molar-refractivity contribution in [1.82, 2.24) is 0 Å². The topological polar surface area (TPSA) is 63.3 Å². The molecule has 0 saturated carbocycles. The van der Waals surface area contributed by atoms with Gasteiger partial charge in [-0.1, -0.05) is 0 Å². The lowest BCUT2D eigenvalue weighted by molar-refractivity contribution is -0.138. The predicted molar refractivity (Wildman–Crippen MR) is 68.3 cm³/mol. The second-order valence-electron chi connectivity index (χ2n) is 3.55. The number of carboxylic acid groups (broad SMARTS) is 1. The molecule has 1 aromatic carbocycles. The van der Waals surface area contributed by atoms with Gasteiger partial charge in [-0.3, -0.25) is 4.79 Å². The van der Waals surface area contributed by atoms with Gasteiger partial charge in [0.2, 0.25) is 0 Å². The van der Waals surface area contributed by atoms with E-state index in [0.717, 1.165) is 15.6 Å². The van der Waals surface area contributed by atoms with E-state index in [9.17, 15) is 9.18 Å². The van der Waals surface area contributed by atoms with E-state index in [-0.39, 0.29) is 24.6 Å². The highest BCUT2D eigenvalue weighted by atomic mass is 35.5. The van der Waals surface area contributed by atoms with E-state index in [1.165, 1.54) is 23.5 Å². The summed E-state index contributed by atoms with van der Waals surface area (Å²) < 4.78 is 14.0. The molecule has 3 nitrogen and oxygen atoms in total. The van der Waals surface area contributed by atoms with Crippen LogP contribution in [-0.4, -0.2) is 17.1 Å². The zero-order valence-corrected chi connectivity index (χ0v) is 10.4. The molecule has 1 heterocycles. The molecule has 0 aliphatic rings. The molecule has 0 saturated heterocycles. The van der Waals surface area contributed by atoms with Gasteiger partial charge >= 0.3 is 5.97 Å². The highest BCUT2D eigenvalue weighted by Crippen LogP contribution is 2.27. The maximum atomic E-state index is 13.0. The second kappa shape index (κ2) is 5.44. The van der Waals surface area contributed by atoms with E-state index < -0.39 is 12.0 Å². The Hall–Kier alpha value is -1.17. The van der Waals surface area contributed by atoms with Crippen LogP contribution in [0.1, 0.15) is 5.56 Å². The van der Waals surface area contributed by atoms with Crippen molar-refractivity contribution in [3.05, 3.63) is 35.0 Å². The molecule has 0 radical (unpaired) electrons. The van der Waals surface area contributed by atoms with Crippen molar-refractivity contribution in [2.45, 2.75) is 12.5 Å². The van der Waals surface area contributed by atoms with Gasteiger partial charge in [0.15, 0.2) is 0 Å². The zero-order chi connectivity index (χ0) is 11.7. The molecule has 92 valence electrons. The molecular formula is C11H11ClFNO2S. The molecule has 0 bridgehead atoms. The molecule has 0 aliphatic heterocycles. The fourth-order valence-corrected chi connectivity index (χ4v) is 2.49. The van der Waals surface area contributed by atoms with Crippen LogP contribution in [0, 0.1) is 5.82 Å². The third-order valence-corrected chi connectivity index (χ3v) is 3.39. The Morgan fingerprint density at radius 1 is 1.53 bits per heavy atom. The average Bonchev–Trinajstić information content (AvgIpc) is 2.61. The van der Waals surface area contributed by atoms with Crippen LogP contribution in [0.2, 0.25) is 0 Å². The lowest BCUT2D eigenvalue weighted by Crippen LogP contribution is -2.32. The van der Waals surface area contributed by atoms with Crippen LogP contribution in [0.3, 0.4) is 0 Å². The molecular weight excluding hydrogens is 265 g/mol. The number of rotatable bonds is 3. The first-order valence-electron chi connectivity index (χ1n) is 4.72. The lowest BCUT2D eigenvalue weighted by Gasteiger charge is -2.04. The van der Waals surface area contributed by atoms with E-state index >= 15 is 0 Å². The number of benzene rings is 1. The Balaban J connectivity index is 0.00000144. The van der Waals surface area contributed by atoms with Crippen LogP contribution >= 0.6 is 23.7 Å². The number of carbonyl (C=O) groups is 1. The molecule has 1 atom stereocenters. The molecule has 0 fully saturated rings. The monoisotopic (exact) mass is 275 g/mol. The Kier molecular flexibility index (Phi) is 4.45. The minimum Gasteiger partial charge on any atom is -0.480 e. The van der Waals surface area contributed by atoms with Crippen molar-refractivity contribution in [3.63, 3.8) is 0 Å². The molecule has 0 aliphatic carbocycles. The molecule has 1 unspecified atom stereocenters. The molecule has 0 amide bonds. The molecule has 6 heteroatoms. The molecule has 1 aromatic heterocycles. The van der Waals surface area contributed by atoms with Gasteiger partial charge in [0.25, 0.3) is 0 Å². The van der Waals surface area contributed by atoms with E-state index in [4.69, 9.17) is 10.8 Å². The molecule has 2 aromatic rings. The van der Waals surface area contributed by atoms with Gasteiger partial charge in [-0.25, -0.2) is 4.39 Å². The second-order valence-corrected chi connectivity index (χ2v) is 4.46. The molecule has 0 spiro atoms. The van der Waals surface area contributed by atoms with Crippen molar-refractivity contribution in [2.75, 3.05) is 0 Å². The van der Waals surface area contributed by atoms with Gasteiger partial charge in [0.05, 0.1) is 0 Å². The van der Waals surface area contributed by atoms with Crippen molar-refractivity contribution in [2.24, 2.45) is 5.73 Å². The van der Waals surface area contributed by atoms with Crippen molar-refractivity contribution in [1.29, 1.82) is 0 Å². The number of fused-ring (bicyclic) bond motifs is 1. The van der Waals surface area contributed by atoms with Crippen LogP contribution < -0.4 is 5.73 Å². The Labute approximate surface area is 107 Å². The number of hydrogen-bond acceptors (Lipinski definition) is 3. The predicted octanol–water partition coefficient (Wildman–Crippen LogP) is 2.42. The van der Waals surface area contributed by atoms with E-state index in [1.807, 2.05) is 5.38 Å². The molecule has 2 rings (SSSR count). The Morgan fingerprint density at radius 2 is 2.24 bits per heavy atom. The van der Waals surface area contributed by atoms with Gasteiger partial charge in [0, 0.05) is 4.70 Å². The summed E-state index contributed by atoms with van der Waals surface area (Å²) in [5.74, 6) is -1.37. The zero-order valence-electron chi connectivity index (χ0n) is 8.72. The smallest absolute Gasteiger partial charge is 0.320 e. The van der Waals surface area contributed by atoms with Crippen LogP contribution in [0.15, 0.2) is 23.6 Å². The van der Waals surface area contributed by atoms with Crippen molar-refractivity contribution >= 4 is 39.8 Å². The number of nitrogens with two attached hydrogens (primary N) is 1. The minimum atomic E-state index is -1.05. The minimum absolute atomic E-state index is 0. The Bertz CT molecular complexity index is 543. The van der Waals surface area contributed by atoms with Gasteiger partial charge in [-0.2, -0.15) is 0 Å². The SMILES string of the molecule is Cl.NC(Cc1csc2ccc(F)cc12)C(=O)O. The highest BCUT2D eigenvalue weighted by Gasteiger charge is 2.15.